The first-order valence-electron chi connectivity index (χ1n) is 8.96. The molecule has 136 valence electrons. The Bertz CT molecular complexity index is 607. The van der Waals surface area contributed by atoms with Gasteiger partial charge in [0.05, 0.1) is 6.54 Å². The molecule has 1 saturated heterocycles. The highest BCUT2D eigenvalue weighted by Crippen LogP contribution is 2.22. The molecule has 1 fully saturated rings. The maximum Gasteiger partial charge on any atom is 0.290 e. The van der Waals surface area contributed by atoms with Crippen LogP contribution in [0.3, 0.4) is 0 Å². The molecular formula is C19H28N4O2. The first-order valence-corrected chi connectivity index (χ1v) is 8.96. The molecule has 0 spiro atoms. The van der Waals surface area contributed by atoms with E-state index in [0.717, 1.165) is 25.4 Å². The Hall–Kier alpha value is -2.21. The van der Waals surface area contributed by atoms with Gasteiger partial charge in [-0.05, 0) is 62.4 Å². The normalized spacial score (nSPS) is 15.4. The van der Waals surface area contributed by atoms with E-state index < -0.39 is 0 Å². The van der Waals surface area contributed by atoms with Gasteiger partial charge in [0.25, 0.3) is 6.47 Å². The van der Waals surface area contributed by atoms with Crippen molar-refractivity contribution in [1.82, 2.24) is 19.4 Å². The van der Waals surface area contributed by atoms with Gasteiger partial charge in [0.2, 0.25) is 0 Å². The van der Waals surface area contributed by atoms with Crippen molar-refractivity contribution in [3.05, 3.63) is 48.3 Å². The van der Waals surface area contributed by atoms with Crippen LogP contribution in [0.4, 0.5) is 0 Å². The summed E-state index contributed by atoms with van der Waals surface area (Å²) in [5.41, 5.74) is 1.42. The SMILES string of the molecule is CCCn1ccnc1CN1CCC(Cc2ccncc2)CC1.O=CO. The molecule has 3 heterocycles. The molecule has 0 radical (unpaired) electrons. The van der Waals surface area contributed by atoms with Crippen molar-refractivity contribution in [3.63, 3.8) is 0 Å². The summed E-state index contributed by atoms with van der Waals surface area (Å²) in [5, 5.41) is 6.89. The van der Waals surface area contributed by atoms with Gasteiger partial charge in [-0.1, -0.05) is 6.92 Å². The molecular weight excluding hydrogens is 316 g/mol. The third kappa shape index (κ3) is 6.31. The molecule has 0 aromatic carbocycles. The number of likely N-dealkylation sites (tertiary alicyclic amines) is 1. The topological polar surface area (TPSA) is 71.2 Å². The standard InChI is InChI=1S/C18H26N4.CH2O2/c1-2-10-22-13-9-20-18(22)15-21-11-5-17(6-12-21)14-16-3-7-19-8-4-16;2-1-3/h3-4,7-9,13,17H,2,5-6,10-12,14-15H2,1H3;1H,(H,2,3). The monoisotopic (exact) mass is 344 g/mol. The van der Waals surface area contributed by atoms with Gasteiger partial charge in [-0.25, -0.2) is 4.98 Å². The van der Waals surface area contributed by atoms with E-state index in [4.69, 9.17) is 9.90 Å². The highest BCUT2D eigenvalue weighted by Gasteiger charge is 2.20. The van der Waals surface area contributed by atoms with Gasteiger partial charge in [0.1, 0.15) is 5.82 Å². The van der Waals surface area contributed by atoms with Crippen LogP contribution in [0.1, 0.15) is 37.6 Å². The fraction of sp³-hybridized carbons (Fsp3) is 0.526. The van der Waals surface area contributed by atoms with E-state index in [9.17, 15) is 0 Å². The molecule has 25 heavy (non-hydrogen) atoms. The number of aromatic nitrogens is 3. The smallest absolute Gasteiger partial charge is 0.290 e. The van der Waals surface area contributed by atoms with Gasteiger partial charge in [-0.3, -0.25) is 14.7 Å². The van der Waals surface area contributed by atoms with Crippen molar-refractivity contribution < 1.29 is 9.90 Å². The summed E-state index contributed by atoms with van der Waals surface area (Å²) in [6.45, 7) is 6.42. The summed E-state index contributed by atoms with van der Waals surface area (Å²) in [5.74, 6) is 2.03. The second-order valence-corrected chi connectivity index (χ2v) is 6.42. The van der Waals surface area contributed by atoms with Crippen molar-refractivity contribution >= 4 is 6.47 Å². The zero-order valence-electron chi connectivity index (χ0n) is 14.9. The van der Waals surface area contributed by atoms with Gasteiger partial charge < -0.3 is 9.67 Å². The lowest BCUT2D eigenvalue weighted by atomic mass is 9.90. The largest absolute Gasteiger partial charge is 0.483 e. The Kier molecular flexibility index (Phi) is 8.12. The summed E-state index contributed by atoms with van der Waals surface area (Å²) in [7, 11) is 0. The van der Waals surface area contributed by atoms with Crippen LogP contribution in [0.2, 0.25) is 0 Å². The number of carboxylic acid groups (broad SMARTS) is 1. The number of aryl methyl sites for hydroxylation is 1. The van der Waals surface area contributed by atoms with Crippen LogP contribution in [0.5, 0.6) is 0 Å². The average Bonchev–Trinajstić information content (AvgIpc) is 3.06. The van der Waals surface area contributed by atoms with E-state index in [1.807, 2.05) is 18.6 Å². The maximum atomic E-state index is 8.36. The number of imidazole rings is 1. The number of nitrogens with zero attached hydrogens (tertiary/aromatic N) is 4. The van der Waals surface area contributed by atoms with E-state index in [1.165, 1.54) is 43.7 Å². The Morgan fingerprint density at radius 2 is 1.92 bits per heavy atom. The molecule has 1 aliphatic heterocycles. The Labute approximate surface area is 149 Å². The van der Waals surface area contributed by atoms with E-state index in [2.05, 4.69) is 44.7 Å². The third-order valence-electron chi connectivity index (χ3n) is 4.61. The molecule has 2 aromatic rings. The fourth-order valence-electron chi connectivity index (χ4n) is 3.34. The number of rotatable bonds is 6. The maximum absolute atomic E-state index is 8.36. The molecule has 0 aliphatic carbocycles. The molecule has 0 saturated carbocycles. The fourth-order valence-corrected chi connectivity index (χ4v) is 3.34. The zero-order chi connectivity index (χ0) is 17.9. The van der Waals surface area contributed by atoms with Crippen LogP contribution >= 0.6 is 0 Å². The van der Waals surface area contributed by atoms with E-state index >= 15 is 0 Å². The van der Waals surface area contributed by atoms with Gasteiger partial charge >= 0.3 is 0 Å². The number of hydrogen-bond donors (Lipinski definition) is 1. The van der Waals surface area contributed by atoms with E-state index in [-0.39, 0.29) is 6.47 Å². The summed E-state index contributed by atoms with van der Waals surface area (Å²) < 4.78 is 2.29. The number of carbonyl (C=O) groups is 1. The van der Waals surface area contributed by atoms with Gasteiger partial charge in [0, 0.05) is 31.3 Å². The van der Waals surface area contributed by atoms with Gasteiger partial charge in [-0.2, -0.15) is 0 Å². The van der Waals surface area contributed by atoms with Gasteiger partial charge in [0.15, 0.2) is 0 Å². The molecule has 0 amide bonds. The predicted octanol–water partition coefficient (Wildman–Crippen LogP) is 2.84. The lowest BCUT2D eigenvalue weighted by molar-refractivity contribution is -0.122. The van der Waals surface area contributed by atoms with Crippen molar-refractivity contribution in [1.29, 1.82) is 0 Å². The molecule has 1 aliphatic rings. The van der Waals surface area contributed by atoms with Crippen LogP contribution < -0.4 is 0 Å². The second-order valence-electron chi connectivity index (χ2n) is 6.42. The minimum Gasteiger partial charge on any atom is -0.483 e. The molecule has 2 aromatic heterocycles. The molecule has 0 bridgehead atoms. The number of hydrogen-bond acceptors (Lipinski definition) is 4. The van der Waals surface area contributed by atoms with Crippen molar-refractivity contribution in [2.24, 2.45) is 5.92 Å². The second kappa shape index (κ2) is 10.6. The van der Waals surface area contributed by atoms with E-state index in [1.54, 1.807) is 0 Å². The van der Waals surface area contributed by atoms with E-state index in [0.29, 0.717) is 0 Å². The quantitative estimate of drug-likeness (QED) is 0.816. The number of pyridine rings is 1. The molecule has 1 N–H and O–H groups in total. The van der Waals surface area contributed by atoms with Gasteiger partial charge in [-0.15, -0.1) is 0 Å². The summed E-state index contributed by atoms with van der Waals surface area (Å²) in [4.78, 5) is 19.5. The third-order valence-corrected chi connectivity index (χ3v) is 4.61. The predicted molar refractivity (Wildman–Crippen MR) is 97.2 cm³/mol. The minimum atomic E-state index is -0.250. The first-order chi connectivity index (χ1) is 12.3. The van der Waals surface area contributed by atoms with Crippen LogP contribution in [-0.4, -0.2) is 44.1 Å². The summed E-state index contributed by atoms with van der Waals surface area (Å²) in [6, 6.07) is 4.29. The summed E-state index contributed by atoms with van der Waals surface area (Å²) >= 11 is 0. The van der Waals surface area contributed by atoms with Crippen LogP contribution in [0.25, 0.3) is 0 Å². The van der Waals surface area contributed by atoms with Crippen molar-refractivity contribution in [3.8, 4) is 0 Å². The van der Waals surface area contributed by atoms with Crippen LogP contribution in [-0.2, 0) is 24.3 Å². The molecule has 0 atom stereocenters. The van der Waals surface area contributed by atoms with Crippen LogP contribution in [0, 0.1) is 5.92 Å². The zero-order valence-corrected chi connectivity index (χ0v) is 14.9. The van der Waals surface area contributed by atoms with Crippen molar-refractivity contribution in [2.75, 3.05) is 13.1 Å². The Morgan fingerprint density at radius 1 is 1.24 bits per heavy atom. The highest BCUT2D eigenvalue weighted by molar-refractivity contribution is 5.32. The molecule has 6 heteroatoms. The summed E-state index contributed by atoms with van der Waals surface area (Å²) in [6.07, 6.45) is 12.8. The molecule has 3 rings (SSSR count). The molecule has 6 nitrogen and oxygen atoms in total. The lowest BCUT2D eigenvalue weighted by Gasteiger charge is -2.31. The average molecular weight is 344 g/mol. The van der Waals surface area contributed by atoms with Crippen molar-refractivity contribution in [2.45, 2.75) is 45.7 Å². The Morgan fingerprint density at radius 3 is 2.56 bits per heavy atom. The highest BCUT2D eigenvalue weighted by atomic mass is 16.3. The lowest BCUT2D eigenvalue weighted by Crippen LogP contribution is -2.34. The molecule has 0 unspecified atom stereocenters. The Balaban J connectivity index is 0.000000701. The number of piperidine rings is 1. The van der Waals surface area contributed by atoms with Crippen LogP contribution in [0.15, 0.2) is 36.9 Å². The first kappa shape index (κ1) is 19.1. The minimum absolute atomic E-state index is 0.250.